The molecule has 19 heavy (non-hydrogen) atoms. The Bertz CT molecular complexity index is 473. The van der Waals surface area contributed by atoms with Gasteiger partial charge in [-0.3, -0.25) is 0 Å². The second kappa shape index (κ2) is 5.97. The van der Waals surface area contributed by atoms with Gasteiger partial charge in [0, 0.05) is 25.8 Å². The summed E-state index contributed by atoms with van der Waals surface area (Å²) in [5.74, 6) is -2.91. The molecule has 0 aromatic heterocycles. The smallest absolute Gasteiger partial charge is 0.338 e. The van der Waals surface area contributed by atoms with Crippen molar-refractivity contribution in [3.63, 3.8) is 0 Å². The summed E-state index contributed by atoms with van der Waals surface area (Å²) in [7, 11) is 0. The number of halogens is 2. The van der Waals surface area contributed by atoms with Crippen molar-refractivity contribution in [3.8, 4) is 0 Å². The predicted octanol–water partition coefficient (Wildman–Crippen LogP) is 2.50. The molecule has 0 atom stereocenters. The van der Waals surface area contributed by atoms with Gasteiger partial charge in [0.2, 0.25) is 0 Å². The number of hydrogen-bond acceptors (Lipinski definition) is 3. The molecule has 1 aromatic carbocycles. The molecule has 2 N–H and O–H groups in total. The number of rotatable bonds is 4. The Hall–Kier alpha value is -1.69. The fraction of sp³-hybridized carbons (Fsp3) is 0.462. The summed E-state index contributed by atoms with van der Waals surface area (Å²) in [6.07, 6.45) is 1.75. The van der Waals surface area contributed by atoms with Crippen molar-refractivity contribution in [1.29, 1.82) is 0 Å². The zero-order valence-electron chi connectivity index (χ0n) is 10.3. The van der Waals surface area contributed by atoms with E-state index in [2.05, 4.69) is 5.32 Å². The van der Waals surface area contributed by atoms with Crippen LogP contribution in [0.1, 0.15) is 23.2 Å². The Morgan fingerprint density at radius 1 is 1.32 bits per heavy atom. The molecule has 2 rings (SSSR count). The SMILES string of the molecule is O=C(O)c1cc(NCC2CCOCC2)c(F)cc1F. The van der Waals surface area contributed by atoms with Crippen LogP contribution in [0.4, 0.5) is 14.5 Å². The Morgan fingerprint density at radius 3 is 2.63 bits per heavy atom. The normalized spacial score (nSPS) is 16.3. The van der Waals surface area contributed by atoms with Crippen LogP contribution in [0.5, 0.6) is 0 Å². The minimum atomic E-state index is -1.41. The van der Waals surface area contributed by atoms with Crippen LogP contribution in [0.25, 0.3) is 0 Å². The highest BCUT2D eigenvalue weighted by atomic mass is 19.1. The van der Waals surface area contributed by atoms with Gasteiger partial charge in [-0.1, -0.05) is 0 Å². The molecular formula is C13H15F2NO3. The summed E-state index contributed by atoms with van der Waals surface area (Å²) in [5, 5.41) is 11.6. The van der Waals surface area contributed by atoms with Crippen molar-refractivity contribution in [3.05, 3.63) is 29.3 Å². The quantitative estimate of drug-likeness (QED) is 0.883. The Labute approximate surface area is 109 Å². The first-order valence-electron chi connectivity index (χ1n) is 6.12. The van der Waals surface area contributed by atoms with Crippen LogP contribution in [0.2, 0.25) is 0 Å². The maximum Gasteiger partial charge on any atom is 0.338 e. The molecule has 0 bridgehead atoms. The molecule has 1 aliphatic heterocycles. The van der Waals surface area contributed by atoms with Gasteiger partial charge in [-0.15, -0.1) is 0 Å². The third-order valence-corrected chi connectivity index (χ3v) is 3.21. The van der Waals surface area contributed by atoms with E-state index in [4.69, 9.17) is 9.84 Å². The number of nitrogens with one attached hydrogen (secondary N) is 1. The first-order valence-corrected chi connectivity index (χ1v) is 6.12. The lowest BCUT2D eigenvalue weighted by Crippen LogP contribution is -2.23. The lowest BCUT2D eigenvalue weighted by atomic mass is 10.0. The molecular weight excluding hydrogens is 256 g/mol. The van der Waals surface area contributed by atoms with Crippen LogP contribution >= 0.6 is 0 Å². The first-order chi connectivity index (χ1) is 9.08. The number of ether oxygens (including phenoxy) is 1. The van der Waals surface area contributed by atoms with Gasteiger partial charge in [0.15, 0.2) is 0 Å². The van der Waals surface area contributed by atoms with Gasteiger partial charge < -0.3 is 15.2 Å². The number of carbonyl (C=O) groups is 1. The molecule has 0 amide bonds. The van der Waals surface area contributed by atoms with Crippen LogP contribution in [-0.4, -0.2) is 30.8 Å². The highest BCUT2D eigenvalue weighted by molar-refractivity contribution is 5.89. The van der Waals surface area contributed by atoms with Gasteiger partial charge in [0.05, 0.1) is 11.3 Å². The minimum Gasteiger partial charge on any atom is -0.478 e. The Kier molecular flexibility index (Phi) is 4.31. The summed E-state index contributed by atoms with van der Waals surface area (Å²) in [6.45, 7) is 1.88. The van der Waals surface area contributed by atoms with E-state index in [1.807, 2.05) is 0 Å². The average molecular weight is 271 g/mol. The van der Waals surface area contributed by atoms with E-state index in [9.17, 15) is 13.6 Å². The van der Waals surface area contributed by atoms with Gasteiger partial charge in [0.1, 0.15) is 11.6 Å². The Balaban J connectivity index is 2.06. The van der Waals surface area contributed by atoms with E-state index in [0.717, 1.165) is 18.9 Å². The van der Waals surface area contributed by atoms with Gasteiger partial charge in [-0.05, 0) is 24.8 Å². The Morgan fingerprint density at radius 2 is 2.00 bits per heavy atom. The van der Waals surface area contributed by atoms with Crippen LogP contribution in [0, 0.1) is 17.6 Å². The predicted molar refractivity (Wildman–Crippen MR) is 65.4 cm³/mol. The summed E-state index contributed by atoms with van der Waals surface area (Å²) in [5.41, 5.74) is -0.513. The third kappa shape index (κ3) is 3.41. The van der Waals surface area contributed by atoms with Crippen LogP contribution < -0.4 is 5.32 Å². The molecule has 0 unspecified atom stereocenters. The van der Waals surface area contributed by atoms with Gasteiger partial charge in [0.25, 0.3) is 0 Å². The van der Waals surface area contributed by atoms with Crippen molar-refractivity contribution >= 4 is 11.7 Å². The monoisotopic (exact) mass is 271 g/mol. The molecule has 0 radical (unpaired) electrons. The van der Waals surface area contributed by atoms with Gasteiger partial charge in [-0.25, -0.2) is 13.6 Å². The van der Waals surface area contributed by atoms with Gasteiger partial charge in [-0.2, -0.15) is 0 Å². The number of benzene rings is 1. The maximum absolute atomic E-state index is 13.5. The second-order valence-corrected chi connectivity index (χ2v) is 4.55. The van der Waals surface area contributed by atoms with E-state index in [-0.39, 0.29) is 5.69 Å². The fourth-order valence-electron chi connectivity index (χ4n) is 2.05. The van der Waals surface area contributed by atoms with Crippen molar-refractivity contribution < 1.29 is 23.4 Å². The van der Waals surface area contributed by atoms with Crippen molar-refractivity contribution in [2.24, 2.45) is 5.92 Å². The van der Waals surface area contributed by atoms with Crippen LogP contribution in [0.3, 0.4) is 0 Å². The van der Waals surface area contributed by atoms with Gasteiger partial charge >= 0.3 is 5.97 Å². The van der Waals surface area contributed by atoms with E-state index in [1.165, 1.54) is 0 Å². The molecule has 0 saturated carbocycles. The van der Waals surface area contributed by atoms with E-state index in [1.54, 1.807) is 0 Å². The van der Waals surface area contributed by atoms with E-state index >= 15 is 0 Å². The summed E-state index contributed by atoms with van der Waals surface area (Å²) < 4.78 is 32.0. The third-order valence-electron chi connectivity index (χ3n) is 3.21. The number of carboxylic acid groups (broad SMARTS) is 1. The largest absolute Gasteiger partial charge is 0.478 e. The van der Waals surface area contributed by atoms with E-state index < -0.39 is 23.2 Å². The molecule has 6 heteroatoms. The molecule has 0 aliphatic carbocycles. The van der Waals surface area contributed by atoms with Crippen molar-refractivity contribution in [2.45, 2.75) is 12.8 Å². The lowest BCUT2D eigenvalue weighted by molar-refractivity contribution is 0.0691. The van der Waals surface area contributed by atoms with Crippen LogP contribution in [0.15, 0.2) is 12.1 Å². The molecule has 4 nitrogen and oxygen atoms in total. The zero-order chi connectivity index (χ0) is 13.8. The number of aromatic carboxylic acids is 1. The summed E-state index contributed by atoms with van der Waals surface area (Å²) >= 11 is 0. The molecule has 1 fully saturated rings. The number of anilines is 1. The zero-order valence-corrected chi connectivity index (χ0v) is 10.3. The number of carboxylic acids is 1. The average Bonchev–Trinajstić information content (AvgIpc) is 2.38. The number of hydrogen-bond donors (Lipinski definition) is 2. The molecule has 1 aromatic rings. The first kappa shape index (κ1) is 13.7. The molecule has 1 heterocycles. The maximum atomic E-state index is 13.5. The highest BCUT2D eigenvalue weighted by Gasteiger charge is 2.17. The van der Waals surface area contributed by atoms with Crippen LogP contribution in [-0.2, 0) is 4.74 Å². The van der Waals surface area contributed by atoms with Crippen molar-refractivity contribution in [2.75, 3.05) is 25.1 Å². The molecule has 0 spiro atoms. The molecule has 104 valence electrons. The lowest BCUT2D eigenvalue weighted by Gasteiger charge is -2.22. The minimum absolute atomic E-state index is 0.0188. The fourth-order valence-corrected chi connectivity index (χ4v) is 2.05. The standard InChI is InChI=1S/C13H15F2NO3/c14-10-6-11(15)12(5-9(10)13(17)18)16-7-8-1-3-19-4-2-8/h5-6,8,16H,1-4,7H2,(H,17,18). The summed E-state index contributed by atoms with van der Waals surface area (Å²) in [4.78, 5) is 10.8. The summed E-state index contributed by atoms with van der Waals surface area (Å²) in [6, 6.07) is 1.59. The van der Waals surface area contributed by atoms with Crippen molar-refractivity contribution in [1.82, 2.24) is 0 Å². The van der Waals surface area contributed by atoms with E-state index in [0.29, 0.717) is 31.7 Å². The highest BCUT2D eigenvalue weighted by Crippen LogP contribution is 2.21. The molecule has 1 aliphatic rings. The topological polar surface area (TPSA) is 58.6 Å². The second-order valence-electron chi connectivity index (χ2n) is 4.55. The molecule has 1 saturated heterocycles.